The lowest BCUT2D eigenvalue weighted by Gasteiger charge is -2.22. The van der Waals surface area contributed by atoms with Gasteiger partial charge in [0.15, 0.2) is 11.9 Å². The second-order valence-electron chi connectivity index (χ2n) is 11.3. The van der Waals surface area contributed by atoms with E-state index in [4.69, 9.17) is 4.74 Å². The van der Waals surface area contributed by atoms with Gasteiger partial charge < -0.3 is 4.74 Å². The summed E-state index contributed by atoms with van der Waals surface area (Å²) < 4.78 is 37.1. The van der Waals surface area contributed by atoms with E-state index in [9.17, 15) is 8.42 Å². The van der Waals surface area contributed by atoms with Gasteiger partial charge in [0, 0.05) is 18.7 Å². The average Bonchev–Trinajstić information content (AvgIpc) is 2.96. The van der Waals surface area contributed by atoms with E-state index in [1.54, 1.807) is 16.4 Å². The first-order valence-corrected chi connectivity index (χ1v) is 17.1. The lowest BCUT2D eigenvalue weighted by atomic mass is 10.1. The van der Waals surface area contributed by atoms with Crippen LogP contribution in [0.1, 0.15) is 101 Å². The Kier molecular flexibility index (Phi) is 14.4. The standard InChI is InChI=1S/C35H51N2O3S/c1-4-5-6-7-8-9-10-11-12-13-14-17-27-40-34-21-18-19-32(28-34)29-37(30-33-20-15-16-26-36(33)3)41(38,39)35-24-22-31(2)23-25-35/h15-16,18-26,28H,4-14,17,27,29-30H2,1-3H3/q+1. The van der Waals surface area contributed by atoms with Crippen LogP contribution in [0.4, 0.5) is 0 Å². The molecule has 0 N–H and O–H groups in total. The third-order valence-corrected chi connectivity index (χ3v) is 9.49. The van der Waals surface area contributed by atoms with E-state index in [0.717, 1.165) is 29.0 Å². The van der Waals surface area contributed by atoms with Crippen molar-refractivity contribution in [3.05, 3.63) is 89.7 Å². The van der Waals surface area contributed by atoms with Gasteiger partial charge in [-0.15, -0.1) is 0 Å². The smallest absolute Gasteiger partial charge is 0.243 e. The van der Waals surface area contributed by atoms with Crippen LogP contribution in [0.5, 0.6) is 5.75 Å². The number of rotatable bonds is 20. The van der Waals surface area contributed by atoms with Crippen molar-refractivity contribution >= 4 is 10.0 Å². The van der Waals surface area contributed by atoms with Crippen LogP contribution >= 0.6 is 0 Å². The maximum atomic E-state index is 13.7. The summed E-state index contributed by atoms with van der Waals surface area (Å²) in [5.41, 5.74) is 2.86. The largest absolute Gasteiger partial charge is 0.494 e. The predicted molar refractivity (Wildman–Crippen MR) is 168 cm³/mol. The SMILES string of the molecule is CCCCCCCCCCCCCCOc1cccc(CN(Cc2cccc[n+]2C)S(=O)(=O)c2ccc(C)cc2)c1. The van der Waals surface area contributed by atoms with E-state index in [-0.39, 0.29) is 13.1 Å². The third kappa shape index (κ3) is 11.6. The topological polar surface area (TPSA) is 50.5 Å². The van der Waals surface area contributed by atoms with E-state index in [2.05, 4.69) is 6.92 Å². The second-order valence-corrected chi connectivity index (χ2v) is 13.2. The van der Waals surface area contributed by atoms with Crippen LogP contribution in [0, 0.1) is 6.92 Å². The quantitative estimate of drug-likeness (QED) is 0.0999. The lowest BCUT2D eigenvalue weighted by molar-refractivity contribution is -0.680. The molecule has 0 saturated carbocycles. The van der Waals surface area contributed by atoms with Gasteiger partial charge >= 0.3 is 0 Å². The van der Waals surface area contributed by atoms with E-state index < -0.39 is 10.0 Å². The Labute approximate surface area is 249 Å². The van der Waals surface area contributed by atoms with E-state index in [0.29, 0.717) is 11.5 Å². The molecule has 0 aliphatic carbocycles. The van der Waals surface area contributed by atoms with Crippen molar-refractivity contribution < 1.29 is 17.7 Å². The van der Waals surface area contributed by atoms with Gasteiger partial charge in [-0.1, -0.05) is 113 Å². The molecule has 1 aromatic heterocycles. The highest BCUT2D eigenvalue weighted by Gasteiger charge is 2.27. The molecule has 3 aromatic rings. The number of benzene rings is 2. The number of hydrogen-bond acceptors (Lipinski definition) is 3. The number of sulfonamides is 1. The molecule has 3 rings (SSSR count). The van der Waals surface area contributed by atoms with Crippen LogP contribution < -0.4 is 9.30 Å². The molecule has 2 aromatic carbocycles. The molecule has 0 unspecified atom stereocenters. The number of unbranched alkanes of at least 4 members (excludes halogenated alkanes) is 11. The molecule has 0 aliphatic heterocycles. The van der Waals surface area contributed by atoms with Crippen LogP contribution in [0.3, 0.4) is 0 Å². The minimum Gasteiger partial charge on any atom is -0.494 e. The van der Waals surface area contributed by atoms with Gasteiger partial charge in [0.05, 0.1) is 18.0 Å². The summed E-state index contributed by atoms with van der Waals surface area (Å²) in [5.74, 6) is 0.795. The molecule has 0 fully saturated rings. The lowest BCUT2D eigenvalue weighted by Crippen LogP contribution is -2.39. The molecule has 5 nitrogen and oxygen atoms in total. The first-order chi connectivity index (χ1) is 19.9. The fourth-order valence-electron chi connectivity index (χ4n) is 5.06. The van der Waals surface area contributed by atoms with Crippen LogP contribution in [0.2, 0.25) is 0 Å². The number of nitrogens with zero attached hydrogens (tertiary/aromatic N) is 2. The highest BCUT2D eigenvalue weighted by Crippen LogP contribution is 2.23. The molecule has 0 atom stereocenters. The number of aromatic nitrogens is 1. The highest BCUT2D eigenvalue weighted by molar-refractivity contribution is 7.89. The van der Waals surface area contributed by atoms with Crippen LogP contribution in [-0.4, -0.2) is 19.3 Å². The molecule has 224 valence electrons. The van der Waals surface area contributed by atoms with Crippen molar-refractivity contribution in [2.24, 2.45) is 7.05 Å². The monoisotopic (exact) mass is 579 g/mol. The number of hydrogen-bond donors (Lipinski definition) is 0. The summed E-state index contributed by atoms with van der Waals surface area (Å²) in [6.07, 6.45) is 17.8. The van der Waals surface area contributed by atoms with E-state index in [1.807, 2.05) is 79.3 Å². The molecular formula is C35H51N2O3S+. The Bertz CT molecular complexity index is 1260. The molecule has 1 heterocycles. The molecule has 0 spiro atoms. The number of aryl methyl sites for hydroxylation is 2. The molecule has 0 aliphatic rings. The van der Waals surface area contributed by atoms with Crippen molar-refractivity contribution in [2.75, 3.05) is 6.61 Å². The molecule has 0 amide bonds. The molecule has 0 bridgehead atoms. The molecule has 0 saturated heterocycles. The van der Waals surface area contributed by atoms with Gasteiger partial charge in [-0.3, -0.25) is 0 Å². The Balaban J connectivity index is 1.50. The second kappa shape index (κ2) is 18.0. The fraction of sp³-hybridized carbons (Fsp3) is 0.514. The van der Waals surface area contributed by atoms with Crippen LogP contribution in [-0.2, 0) is 30.2 Å². The van der Waals surface area contributed by atoms with Gasteiger partial charge in [0.2, 0.25) is 10.0 Å². The van der Waals surface area contributed by atoms with Crippen molar-refractivity contribution in [1.82, 2.24) is 4.31 Å². The predicted octanol–water partition coefficient (Wildman–Crippen LogP) is 8.29. The number of ether oxygens (including phenoxy) is 1. The third-order valence-electron chi connectivity index (χ3n) is 7.68. The van der Waals surface area contributed by atoms with E-state index in [1.165, 1.54) is 70.6 Å². The maximum absolute atomic E-state index is 13.7. The van der Waals surface area contributed by atoms with Crippen molar-refractivity contribution in [1.29, 1.82) is 0 Å². The van der Waals surface area contributed by atoms with Gasteiger partial charge in [-0.25, -0.2) is 13.0 Å². The summed E-state index contributed by atoms with van der Waals surface area (Å²) in [6, 6.07) is 20.8. The summed E-state index contributed by atoms with van der Waals surface area (Å²) in [4.78, 5) is 0.307. The zero-order valence-electron chi connectivity index (χ0n) is 25.6. The normalized spacial score (nSPS) is 11.7. The molecular weight excluding hydrogens is 528 g/mol. The fourth-order valence-corrected chi connectivity index (χ4v) is 6.46. The van der Waals surface area contributed by atoms with Crippen LogP contribution in [0.15, 0.2) is 77.8 Å². The Hall–Kier alpha value is -2.70. The first-order valence-electron chi connectivity index (χ1n) is 15.6. The Morgan fingerprint density at radius 1 is 0.732 bits per heavy atom. The van der Waals surface area contributed by atoms with Crippen molar-refractivity contribution in [3.63, 3.8) is 0 Å². The zero-order chi connectivity index (χ0) is 29.3. The summed E-state index contributed by atoms with van der Waals surface area (Å²) >= 11 is 0. The van der Waals surface area contributed by atoms with Crippen LogP contribution in [0.25, 0.3) is 0 Å². The highest BCUT2D eigenvalue weighted by atomic mass is 32.2. The van der Waals surface area contributed by atoms with Gasteiger partial charge in [0.25, 0.3) is 0 Å². The summed E-state index contributed by atoms with van der Waals surface area (Å²) in [5, 5.41) is 0. The van der Waals surface area contributed by atoms with Gasteiger partial charge in [0.1, 0.15) is 12.8 Å². The average molecular weight is 580 g/mol. The van der Waals surface area contributed by atoms with Gasteiger partial charge in [-0.05, 0) is 43.2 Å². The molecule has 6 heteroatoms. The zero-order valence-corrected chi connectivity index (χ0v) is 26.4. The van der Waals surface area contributed by atoms with Crippen molar-refractivity contribution in [3.8, 4) is 5.75 Å². The molecule has 0 radical (unpaired) electrons. The Morgan fingerprint density at radius 3 is 2.00 bits per heavy atom. The minimum atomic E-state index is -3.71. The minimum absolute atomic E-state index is 0.265. The molecule has 41 heavy (non-hydrogen) atoms. The number of pyridine rings is 1. The summed E-state index contributed by atoms with van der Waals surface area (Å²) in [7, 11) is -1.77. The van der Waals surface area contributed by atoms with E-state index >= 15 is 0 Å². The van der Waals surface area contributed by atoms with Crippen molar-refractivity contribution in [2.45, 2.75) is 109 Å². The first kappa shape index (κ1) is 32.8. The summed E-state index contributed by atoms with van der Waals surface area (Å²) in [6.45, 7) is 5.46. The maximum Gasteiger partial charge on any atom is 0.243 e. The Morgan fingerprint density at radius 2 is 1.37 bits per heavy atom. The van der Waals surface area contributed by atoms with Gasteiger partial charge in [-0.2, -0.15) is 4.31 Å².